The Balaban J connectivity index is 0. The summed E-state index contributed by atoms with van der Waals surface area (Å²) in [5.74, 6) is 6.56. The molecule has 7 nitrogen and oxygen atoms in total. The Morgan fingerprint density at radius 3 is 0.962 bits per heavy atom. The van der Waals surface area contributed by atoms with E-state index in [4.69, 9.17) is 34.4 Å². The molecule has 0 saturated heterocycles. The Morgan fingerprint density at radius 2 is 0.654 bits per heavy atom. The summed E-state index contributed by atoms with van der Waals surface area (Å²) >= 11 is 0. The number of rotatable bonds is 14. The van der Waals surface area contributed by atoms with E-state index < -0.39 is 0 Å². The Labute approximate surface area is 325 Å². The van der Waals surface area contributed by atoms with Gasteiger partial charge in [-0.3, -0.25) is 0 Å². The van der Waals surface area contributed by atoms with Gasteiger partial charge in [0.15, 0.2) is 0 Å². The fourth-order valence-corrected chi connectivity index (χ4v) is 8.67. The van der Waals surface area contributed by atoms with Gasteiger partial charge in [0, 0.05) is 6.54 Å². The molecule has 1 aromatic rings. The van der Waals surface area contributed by atoms with Gasteiger partial charge in [0.2, 0.25) is 0 Å². The molecule has 0 unspecified atom stereocenters. The maximum Gasteiger partial charge on any atom is 0.0205 e. The van der Waals surface area contributed by atoms with E-state index >= 15 is 0 Å². The Bertz CT molecular complexity index is 782. The van der Waals surface area contributed by atoms with Gasteiger partial charge in [0.25, 0.3) is 0 Å². The first kappa shape index (κ1) is 53.0. The van der Waals surface area contributed by atoms with E-state index in [1.54, 1.807) is 0 Å². The van der Waals surface area contributed by atoms with Crippen LogP contribution in [-0.4, -0.2) is 45.8 Å². The van der Waals surface area contributed by atoms with Crippen LogP contribution in [0.4, 0.5) is 0 Å². The summed E-state index contributed by atoms with van der Waals surface area (Å²) in [5.41, 5.74) is 36.8. The molecule has 0 aliphatic heterocycles. The van der Waals surface area contributed by atoms with Crippen molar-refractivity contribution in [1.82, 2.24) is 5.32 Å². The van der Waals surface area contributed by atoms with Crippen molar-refractivity contribution in [3.8, 4) is 0 Å². The lowest BCUT2D eigenvalue weighted by Crippen LogP contribution is -2.28. The molecule has 310 valence electrons. The summed E-state index contributed by atoms with van der Waals surface area (Å²) in [4.78, 5) is 0. The monoisotopic (exact) mass is 734 g/mol. The highest BCUT2D eigenvalue weighted by Crippen LogP contribution is 2.32. The molecule has 0 heterocycles. The summed E-state index contributed by atoms with van der Waals surface area (Å²) in [6, 6.07) is 9.32. The molecule has 0 atom stereocenters. The molecule has 0 spiro atoms. The minimum Gasteiger partial charge on any atom is -0.330 e. The van der Waals surface area contributed by atoms with Gasteiger partial charge in [-0.1, -0.05) is 73.2 Å². The molecule has 1 aromatic carbocycles. The van der Waals surface area contributed by atoms with Gasteiger partial charge < -0.3 is 39.7 Å². The van der Waals surface area contributed by atoms with Crippen LogP contribution in [-0.2, 0) is 13.0 Å². The van der Waals surface area contributed by atoms with Crippen LogP contribution in [0.15, 0.2) is 24.3 Å². The van der Waals surface area contributed by atoms with E-state index in [0.717, 1.165) is 99.7 Å². The van der Waals surface area contributed by atoms with Gasteiger partial charge in [0.05, 0.1) is 0 Å². The third-order valence-electron chi connectivity index (χ3n) is 12.7. The summed E-state index contributed by atoms with van der Waals surface area (Å²) < 4.78 is 0. The highest BCUT2D eigenvalue weighted by atomic mass is 14.9. The number of nitrogens with two attached hydrogens (primary N) is 6. The number of hydrogen-bond acceptors (Lipinski definition) is 7. The van der Waals surface area contributed by atoms with Gasteiger partial charge in [0.1, 0.15) is 0 Å². The van der Waals surface area contributed by atoms with Crippen LogP contribution in [0, 0.1) is 47.3 Å². The largest absolute Gasteiger partial charge is 0.330 e. The molecule has 5 rings (SSSR count). The molecule has 4 fully saturated rings. The second-order valence-corrected chi connectivity index (χ2v) is 16.3. The maximum absolute atomic E-state index is 5.81. The fraction of sp³-hybridized carbons (Fsp3) is 0.867. The second-order valence-electron chi connectivity index (χ2n) is 16.3. The average Bonchev–Trinajstić information content (AvgIpc) is 3.16. The maximum atomic E-state index is 5.81. The summed E-state index contributed by atoms with van der Waals surface area (Å²) in [6.07, 6.45) is 25.3. The highest BCUT2D eigenvalue weighted by molar-refractivity contribution is 5.22. The molecule has 4 aliphatic rings. The first-order chi connectivity index (χ1) is 23.5. The average molecular weight is 734 g/mol. The molecule has 0 bridgehead atoms. The lowest BCUT2D eigenvalue weighted by Gasteiger charge is -2.27. The third-order valence-corrected chi connectivity index (χ3v) is 12.7. The molecule has 7 heteroatoms. The van der Waals surface area contributed by atoms with Gasteiger partial charge in [-0.25, -0.2) is 0 Å². The van der Waals surface area contributed by atoms with E-state index in [9.17, 15) is 0 Å². The number of aryl methyl sites for hydroxylation is 1. The van der Waals surface area contributed by atoms with Crippen molar-refractivity contribution in [2.75, 3.05) is 45.8 Å². The molecule has 4 saturated carbocycles. The van der Waals surface area contributed by atoms with Crippen LogP contribution in [0.3, 0.4) is 0 Å². The SMILES string of the molecule is C.C.C.C.NCC1CCC(CCCc2ccc(CNCC3CCC(CN)CC3)cc2)CC1.NCC1CCC(CN)CC1.NCC1CCC(CN)CC1. The quantitative estimate of drug-likeness (QED) is 0.100. The predicted octanol–water partition coefficient (Wildman–Crippen LogP) is 8.59. The minimum atomic E-state index is 0. The predicted molar refractivity (Wildman–Crippen MR) is 234 cm³/mol. The normalized spacial score (nSPS) is 28.4. The second kappa shape index (κ2) is 32.2. The fourth-order valence-electron chi connectivity index (χ4n) is 8.67. The van der Waals surface area contributed by atoms with Crippen molar-refractivity contribution in [1.29, 1.82) is 0 Å². The van der Waals surface area contributed by atoms with Crippen molar-refractivity contribution in [2.24, 2.45) is 81.7 Å². The summed E-state index contributed by atoms with van der Waals surface area (Å²) in [5, 5.41) is 3.68. The van der Waals surface area contributed by atoms with Crippen LogP contribution >= 0.6 is 0 Å². The van der Waals surface area contributed by atoms with Crippen molar-refractivity contribution < 1.29 is 0 Å². The molecule has 0 amide bonds. The van der Waals surface area contributed by atoms with E-state index in [0.29, 0.717) is 0 Å². The van der Waals surface area contributed by atoms with Gasteiger partial charge in [-0.05, 0) is 207 Å². The minimum absolute atomic E-state index is 0. The summed E-state index contributed by atoms with van der Waals surface area (Å²) in [6.45, 7) is 7.42. The molecule has 52 heavy (non-hydrogen) atoms. The lowest BCUT2D eigenvalue weighted by molar-refractivity contribution is 0.264. The van der Waals surface area contributed by atoms with Crippen LogP contribution in [0.25, 0.3) is 0 Å². The van der Waals surface area contributed by atoms with Crippen LogP contribution in [0.1, 0.15) is 156 Å². The van der Waals surface area contributed by atoms with E-state index in [2.05, 4.69) is 29.6 Å². The van der Waals surface area contributed by atoms with Crippen LogP contribution in [0.2, 0.25) is 0 Å². The van der Waals surface area contributed by atoms with Gasteiger partial charge >= 0.3 is 0 Å². The molecular weight excluding hydrogens is 639 g/mol. The zero-order valence-electron chi connectivity index (χ0n) is 31.0. The summed E-state index contributed by atoms with van der Waals surface area (Å²) in [7, 11) is 0. The Morgan fingerprint density at radius 1 is 0.385 bits per heavy atom. The van der Waals surface area contributed by atoms with E-state index in [1.165, 1.54) is 133 Å². The van der Waals surface area contributed by atoms with E-state index in [-0.39, 0.29) is 29.7 Å². The van der Waals surface area contributed by atoms with Crippen molar-refractivity contribution in [3.63, 3.8) is 0 Å². The standard InChI is InChI=1S/C25H43N3.2C8H18N2.4CH4/c26-16-22-8-4-20(5-9-22)2-1-3-21-6-12-24(13-7-21)18-28-19-25-14-10-23(17-27)11-15-25;2*9-5-7-1-2-8(6-10)4-3-7;;;;/h6-7,12-13,20,22-23,25,28H,1-5,8-11,14-19,26-27H2;2*7-8H,1-6,9-10H2;4*1H4. The zero-order chi connectivity index (χ0) is 34.4. The zero-order valence-corrected chi connectivity index (χ0v) is 31.0. The molecule has 0 aromatic heterocycles. The van der Waals surface area contributed by atoms with E-state index in [1.807, 2.05) is 0 Å². The molecule has 4 aliphatic carbocycles. The molecule has 0 radical (unpaired) electrons. The molecular formula is C45H95N7. The van der Waals surface area contributed by atoms with Crippen LogP contribution < -0.4 is 39.7 Å². The lowest BCUT2D eigenvalue weighted by atomic mass is 9.80. The van der Waals surface area contributed by atoms with Gasteiger partial charge in [-0.15, -0.1) is 0 Å². The number of hydrogen-bond donors (Lipinski definition) is 7. The van der Waals surface area contributed by atoms with Crippen LogP contribution in [0.5, 0.6) is 0 Å². The first-order valence-corrected chi connectivity index (χ1v) is 20.5. The Kier molecular flexibility index (Phi) is 32.9. The highest BCUT2D eigenvalue weighted by Gasteiger charge is 2.21. The number of benzene rings is 1. The van der Waals surface area contributed by atoms with Crippen molar-refractivity contribution >= 4 is 0 Å². The Hall–Kier alpha value is -1.06. The smallest absolute Gasteiger partial charge is 0.0205 e. The molecule has 13 N–H and O–H groups in total. The van der Waals surface area contributed by atoms with Crippen molar-refractivity contribution in [2.45, 2.75) is 158 Å². The van der Waals surface area contributed by atoms with Crippen molar-refractivity contribution in [3.05, 3.63) is 35.4 Å². The third kappa shape index (κ3) is 21.1. The van der Waals surface area contributed by atoms with Gasteiger partial charge in [-0.2, -0.15) is 0 Å². The first-order valence-electron chi connectivity index (χ1n) is 20.5. The topological polar surface area (TPSA) is 168 Å². The number of nitrogens with one attached hydrogen (secondary N) is 1.